The summed E-state index contributed by atoms with van der Waals surface area (Å²) in [4.78, 5) is 24.3. The Morgan fingerprint density at radius 2 is 1.81 bits per heavy atom. The van der Waals surface area contributed by atoms with Gasteiger partial charge in [0.05, 0.1) is 0 Å². The molecule has 1 fully saturated rings. The molecular formula is C17H24N2O2. The van der Waals surface area contributed by atoms with E-state index in [1.165, 1.54) is 12.8 Å². The second-order valence-electron chi connectivity index (χ2n) is 5.82. The fraction of sp³-hybridized carbons (Fsp3) is 0.529. The Balaban J connectivity index is 2.02. The Hall–Kier alpha value is -1.84. The largest absolute Gasteiger partial charge is 0.350 e. The summed E-state index contributed by atoms with van der Waals surface area (Å²) in [5.41, 5.74) is 1.09. The average Bonchev–Trinajstić information content (AvgIpc) is 3.00. The number of benzene rings is 1. The molecule has 4 heteroatoms. The van der Waals surface area contributed by atoms with Crippen LogP contribution >= 0.6 is 0 Å². The van der Waals surface area contributed by atoms with E-state index in [2.05, 4.69) is 10.6 Å². The van der Waals surface area contributed by atoms with Gasteiger partial charge in [-0.1, -0.05) is 25.8 Å². The second kappa shape index (κ2) is 7.25. The standard InChI is InChI=1S/C17H24N2O2/c1-3-12(2)18-16(20)13-7-6-8-14(11-13)17(21)19-15-9-4-5-10-15/h6-8,11-12,15H,3-5,9-10H2,1-2H3,(H,18,20)(H,19,21). The van der Waals surface area contributed by atoms with Crippen LogP contribution in [0.15, 0.2) is 24.3 Å². The van der Waals surface area contributed by atoms with E-state index < -0.39 is 0 Å². The predicted octanol–water partition coefficient (Wildman–Crippen LogP) is 2.89. The minimum Gasteiger partial charge on any atom is -0.350 e. The van der Waals surface area contributed by atoms with Crippen LogP contribution in [0.25, 0.3) is 0 Å². The summed E-state index contributed by atoms with van der Waals surface area (Å²) >= 11 is 0. The van der Waals surface area contributed by atoms with Crippen LogP contribution in [-0.2, 0) is 0 Å². The van der Waals surface area contributed by atoms with Crippen LogP contribution in [0, 0.1) is 0 Å². The highest BCUT2D eigenvalue weighted by atomic mass is 16.2. The highest BCUT2D eigenvalue weighted by molar-refractivity contribution is 5.99. The Morgan fingerprint density at radius 3 is 2.43 bits per heavy atom. The van der Waals surface area contributed by atoms with E-state index in [4.69, 9.17) is 0 Å². The topological polar surface area (TPSA) is 58.2 Å². The van der Waals surface area contributed by atoms with Gasteiger partial charge in [-0.05, 0) is 44.4 Å². The maximum atomic E-state index is 12.2. The molecule has 1 atom stereocenters. The third kappa shape index (κ3) is 4.31. The highest BCUT2D eigenvalue weighted by Gasteiger charge is 2.18. The molecule has 2 rings (SSSR count). The van der Waals surface area contributed by atoms with E-state index in [-0.39, 0.29) is 23.9 Å². The second-order valence-corrected chi connectivity index (χ2v) is 5.82. The summed E-state index contributed by atoms with van der Waals surface area (Å²) < 4.78 is 0. The van der Waals surface area contributed by atoms with Crippen molar-refractivity contribution in [2.75, 3.05) is 0 Å². The fourth-order valence-corrected chi connectivity index (χ4v) is 2.55. The van der Waals surface area contributed by atoms with Gasteiger partial charge in [-0.25, -0.2) is 0 Å². The first-order chi connectivity index (χ1) is 10.1. The van der Waals surface area contributed by atoms with Gasteiger partial charge in [-0.15, -0.1) is 0 Å². The molecule has 1 aliphatic carbocycles. The minimum atomic E-state index is -0.125. The summed E-state index contributed by atoms with van der Waals surface area (Å²) in [7, 11) is 0. The van der Waals surface area contributed by atoms with Gasteiger partial charge < -0.3 is 10.6 Å². The number of carbonyl (C=O) groups is 2. The quantitative estimate of drug-likeness (QED) is 0.875. The molecule has 1 aliphatic rings. The zero-order valence-corrected chi connectivity index (χ0v) is 12.8. The summed E-state index contributed by atoms with van der Waals surface area (Å²) in [5.74, 6) is -0.208. The van der Waals surface area contributed by atoms with Crippen LogP contribution in [0.5, 0.6) is 0 Å². The van der Waals surface area contributed by atoms with Crippen molar-refractivity contribution >= 4 is 11.8 Å². The molecule has 1 saturated carbocycles. The molecule has 114 valence electrons. The number of hydrogen-bond acceptors (Lipinski definition) is 2. The molecule has 0 bridgehead atoms. The Bertz CT molecular complexity index is 507. The van der Waals surface area contributed by atoms with Crippen LogP contribution in [0.4, 0.5) is 0 Å². The molecule has 1 aromatic carbocycles. The molecule has 0 radical (unpaired) electrons. The van der Waals surface area contributed by atoms with Crippen LogP contribution in [0.1, 0.15) is 66.7 Å². The third-order valence-corrected chi connectivity index (χ3v) is 4.07. The van der Waals surface area contributed by atoms with Crippen molar-refractivity contribution in [2.24, 2.45) is 0 Å². The van der Waals surface area contributed by atoms with Gasteiger partial charge in [0.2, 0.25) is 0 Å². The van der Waals surface area contributed by atoms with Crippen LogP contribution < -0.4 is 10.6 Å². The van der Waals surface area contributed by atoms with E-state index in [9.17, 15) is 9.59 Å². The van der Waals surface area contributed by atoms with E-state index in [1.807, 2.05) is 13.8 Å². The van der Waals surface area contributed by atoms with Gasteiger partial charge in [0.15, 0.2) is 0 Å². The zero-order valence-electron chi connectivity index (χ0n) is 12.8. The Labute approximate surface area is 126 Å². The maximum Gasteiger partial charge on any atom is 0.251 e. The SMILES string of the molecule is CCC(C)NC(=O)c1cccc(C(=O)NC2CCCC2)c1. The monoisotopic (exact) mass is 288 g/mol. The molecule has 0 heterocycles. The van der Waals surface area contributed by atoms with Crippen molar-refractivity contribution in [2.45, 2.75) is 58.0 Å². The molecule has 1 unspecified atom stereocenters. The Morgan fingerprint density at radius 1 is 1.19 bits per heavy atom. The van der Waals surface area contributed by atoms with Gasteiger partial charge >= 0.3 is 0 Å². The van der Waals surface area contributed by atoms with Crippen molar-refractivity contribution in [3.63, 3.8) is 0 Å². The third-order valence-electron chi connectivity index (χ3n) is 4.07. The normalized spacial score (nSPS) is 16.5. The van der Waals surface area contributed by atoms with Crippen LogP contribution in [-0.4, -0.2) is 23.9 Å². The number of carbonyl (C=O) groups excluding carboxylic acids is 2. The number of hydrogen-bond donors (Lipinski definition) is 2. The number of nitrogens with one attached hydrogen (secondary N) is 2. The van der Waals surface area contributed by atoms with E-state index in [1.54, 1.807) is 24.3 Å². The number of rotatable bonds is 5. The summed E-state index contributed by atoms with van der Waals surface area (Å²) in [6.45, 7) is 3.99. The lowest BCUT2D eigenvalue weighted by Gasteiger charge is -2.14. The summed E-state index contributed by atoms with van der Waals surface area (Å²) in [6, 6.07) is 7.34. The van der Waals surface area contributed by atoms with Gasteiger partial charge in [-0.3, -0.25) is 9.59 Å². The molecule has 0 aliphatic heterocycles. The molecule has 1 aromatic rings. The van der Waals surface area contributed by atoms with Gasteiger partial charge in [0.1, 0.15) is 0 Å². The lowest BCUT2D eigenvalue weighted by molar-refractivity contribution is 0.0937. The highest BCUT2D eigenvalue weighted by Crippen LogP contribution is 2.18. The predicted molar refractivity (Wildman–Crippen MR) is 83.4 cm³/mol. The molecule has 0 aromatic heterocycles. The first-order valence-corrected chi connectivity index (χ1v) is 7.82. The van der Waals surface area contributed by atoms with Crippen LogP contribution in [0.3, 0.4) is 0 Å². The first kappa shape index (κ1) is 15.5. The van der Waals surface area contributed by atoms with Crippen molar-refractivity contribution in [3.8, 4) is 0 Å². The summed E-state index contributed by atoms with van der Waals surface area (Å²) in [6.07, 6.45) is 5.36. The molecule has 0 saturated heterocycles. The van der Waals surface area contributed by atoms with Crippen molar-refractivity contribution in [1.82, 2.24) is 10.6 Å². The molecule has 2 amide bonds. The van der Waals surface area contributed by atoms with E-state index in [0.29, 0.717) is 11.1 Å². The Kier molecular flexibility index (Phi) is 5.37. The van der Waals surface area contributed by atoms with E-state index in [0.717, 1.165) is 19.3 Å². The molecule has 4 nitrogen and oxygen atoms in total. The lowest BCUT2D eigenvalue weighted by atomic mass is 10.1. The van der Waals surface area contributed by atoms with E-state index >= 15 is 0 Å². The first-order valence-electron chi connectivity index (χ1n) is 7.82. The van der Waals surface area contributed by atoms with Gasteiger partial charge in [-0.2, -0.15) is 0 Å². The van der Waals surface area contributed by atoms with Crippen molar-refractivity contribution in [1.29, 1.82) is 0 Å². The van der Waals surface area contributed by atoms with Gasteiger partial charge in [0, 0.05) is 23.2 Å². The molecule has 0 spiro atoms. The smallest absolute Gasteiger partial charge is 0.251 e. The number of amides is 2. The molecule has 21 heavy (non-hydrogen) atoms. The molecule has 2 N–H and O–H groups in total. The van der Waals surface area contributed by atoms with Crippen molar-refractivity contribution in [3.05, 3.63) is 35.4 Å². The van der Waals surface area contributed by atoms with Crippen molar-refractivity contribution < 1.29 is 9.59 Å². The zero-order chi connectivity index (χ0) is 15.2. The minimum absolute atomic E-state index is 0.0833. The van der Waals surface area contributed by atoms with Crippen LogP contribution in [0.2, 0.25) is 0 Å². The summed E-state index contributed by atoms with van der Waals surface area (Å²) in [5, 5.41) is 5.96. The van der Waals surface area contributed by atoms with Gasteiger partial charge in [0.25, 0.3) is 11.8 Å². The lowest BCUT2D eigenvalue weighted by Crippen LogP contribution is -2.34. The molecular weight excluding hydrogens is 264 g/mol. The maximum absolute atomic E-state index is 12.2. The average molecular weight is 288 g/mol. The fourth-order valence-electron chi connectivity index (χ4n) is 2.55.